The molecule has 1 N–H and O–H groups in total. The summed E-state index contributed by atoms with van der Waals surface area (Å²) in [4.78, 5) is 25.9. The quantitative estimate of drug-likeness (QED) is 0.787. The van der Waals surface area contributed by atoms with Crippen LogP contribution in [-0.4, -0.2) is 35.8 Å². The van der Waals surface area contributed by atoms with Gasteiger partial charge in [-0.3, -0.25) is 9.59 Å². The van der Waals surface area contributed by atoms with Gasteiger partial charge < -0.3 is 10.2 Å². The van der Waals surface area contributed by atoms with Gasteiger partial charge in [0.15, 0.2) is 0 Å². The van der Waals surface area contributed by atoms with E-state index in [9.17, 15) is 9.59 Å². The van der Waals surface area contributed by atoms with E-state index in [-0.39, 0.29) is 17.9 Å². The predicted molar refractivity (Wildman–Crippen MR) is 72.1 cm³/mol. The van der Waals surface area contributed by atoms with E-state index in [1.165, 1.54) is 0 Å². The number of hydrogen-bond acceptors (Lipinski definition) is 2. The van der Waals surface area contributed by atoms with Gasteiger partial charge in [0.1, 0.15) is 6.04 Å². The fourth-order valence-corrected chi connectivity index (χ4v) is 2.34. The average Bonchev–Trinajstić information content (AvgIpc) is 2.80. The molecule has 1 aliphatic rings. The lowest BCUT2D eigenvalue weighted by Crippen LogP contribution is -2.48. The van der Waals surface area contributed by atoms with Gasteiger partial charge >= 0.3 is 0 Å². The van der Waals surface area contributed by atoms with Crippen LogP contribution in [0.1, 0.15) is 52.9 Å². The molecule has 0 aromatic carbocycles. The van der Waals surface area contributed by atoms with Gasteiger partial charge in [0, 0.05) is 19.5 Å². The van der Waals surface area contributed by atoms with E-state index in [2.05, 4.69) is 19.2 Å². The molecule has 1 heterocycles. The first kappa shape index (κ1) is 15.0. The summed E-state index contributed by atoms with van der Waals surface area (Å²) in [5.41, 5.74) is 0. The van der Waals surface area contributed by atoms with E-state index in [1.807, 2.05) is 11.8 Å². The third-order valence-corrected chi connectivity index (χ3v) is 3.24. The fourth-order valence-electron chi connectivity index (χ4n) is 2.34. The number of carbonyl (C=O) groups excluding carboxylic acids is 2. The summed E-state index contributed by atoms with van der Waals surface area (Å²) < 4.78 is 0. The van der Waals surface area contributed by atoms with Crippen molar-refractivity contribution in [2.24, 2.45) is 5.92 Å². The Morgan fingerprint density at radius 1 is 1.22 bits per heavy atom. The minimum Gasteiger partial charge on any atom is -0.344 e. The molecule has 104 valence electrons. The predicted octanol–water partition coefficient (Wildman–Crippen LogP) is 1.94. The van der Waals surface area contributed by atoms with Crippen molar-refractivity contribution in [3.8, 4) is 0 Å². The minimum atomic E-state index is -0.331. The van der Waals surface area contributed by atoms with Gasteiger partial charge in [0.05, 0.1) is 0 Å². The fraction of sp³-hybridized carbons (Fsp3) is 0.857. The van der Waals surface area contributed by atoms with Gasteiger partial charge in [-0.2, -0.15) is 0 Å². The number of nitrogens with one attached hydrogen (secondary N) is 1. The first-order valence-electron chi connectivity index (χ1n) is 7.12. The Kier molecular flexibility index (Phi) is 6.16. The van der Waals surface area contributed by atoms with Crippen LogP contribution in [0.5, 0.6) is 0 Å². The van der Waals surface area contributed by atoms with E-state index >= 15 is 0 Å². The third kappa shape index (κ3) is 4.67. The number of rotatable bonds is 6. The van der Waals surface area contributed by atoms with Gasteiger partial charge in [-0.05, 0) is 31.6 Å². The Labute approximate surface area is 110 Å². The van der Waals surface area contributed by atoms with Crippen LogP contribution < -0.4 is 5.32 Å². The molecule has 0 unspecified atom stereocenters. The molecule has 2 amide bonds. The Morgan fingerprint density at radius 3 is 2.33 bits per heavy atom. The lowest BCUT2D eigenvalue weighted by atomic mass is 10.0. The molecule has 0 aliphatic carbocycles. The minimum absolute atomic E-state index is 0.00398. The van der Waals surface area contributed by atoms with Crippen molar-refractivity contribution in [1.82, 2.24) is 10.2 Å². The van der Waals surface area contributed by atoms with Crippen molar-refractivity contribution in [2.45, 2.75) is 58.9 Å². The molecular formula is C14H26N2O2. The smallest absolute Gasteiger partial charge is 0.245 e. The van der Waals surface area contributed by atoms with Crippen LogP contribution in [0.15, 0.2) is 0 Å². The molecule has 1 aliphatic heterocycles. The first-order chi connectivity index (χ1) is 8.54. The largest absolute Gasteiger partial charge is 0.344 e. The maximum Gasteiger partial charge on any atom is 0.245 e. The number of hydrogen-bond donors (Lipinski definition) is 1. The highest BCUT2D eigenvalue weighted by molar-refractivity contribution is 5.87. The summed E-state index contributed by atoms with van der Waals surface area (Å²) in [6.07, 6.45) is 4.22. The zero-order valence-corrected chi connectivity index (χ0v) is 11.9. The second kappa shape index (κ2) is 7.39. The van der Waals surface area contributed by atoms with Gasteiger partial charge in [-0.25, -0.2) is 0 Å². The van der Waals surface area contributed by atoms with Crippen LogP contribution >= 0.6 is 0 Å². The summed E-state index contributed by atoms with van der Waals surface area (Å²) in [5.74, 6) is 0.504. The van der Waals surface area contributed by atoms with Crippen LogP contribution in [0.3, 0.4) is 0 Å². The third-order valence-electron chi connectivity index (χ3n) is 3.24. The number of carbonyl (C=O) groups is 2. The summed E-state index contributed by atoms with van der Waals surface area (Å²) >= 11 is 0. The van der Waals surface area contributed by atoms with Crippen molar-refractivity contribution < 1.29 is 9.59 Å². The Morgan fingerprint density at radius 2 is 1.83 bits per heavy atom. The maximum absolute atomic E-state index is 12.3. The maximum atomic E-state index is 12.3. The molecule has 4 heteroatoms. The summed E-state index contributed by atoms with van der Waals surface area (Å²) in [6.45, 7) is 7.82. The molecule has 1 rings (SSSR count). The van der Waals surface area contributed by atoms with Crippen molar-refractivity contribution in [1.29, 1.82) is 0 Å². The summed E-state index contributed by atoms with van der Waals surface area (Å²) in [5, 5.41) is 2.90. The molecule has 0 saturated carbocycles. The number of likely N-dealkylation sites (tertiary alicyclic amines) is 1. The van der Waals surface area contributed by atoms with E-state index in [4.69, 9.17) is 0 Å². The molecule has 0 aromatic rings. The van der Waals surface area contributed by atoms with E-state index in [1.54, 1.807) is 0 Å². The molecule has 0 radical (unpaired) electrons. The van der Waals surface area contributed by atoms with Crippen molar-refractivity contribution in [2.75, 3.05) is 13.1 Å². The molecule has 0 aromatic heterocycles. The van der Waals surface area contributed by atoms with Gasteiger partial charge in [0.25, 0.3) is 0 Å². The van der Waals surface area contributed by atoms with Crippen molar-refractivity contribution >= 4 is 11.8 Å². The lowest BCUT2D eigenvalue weighted by molar-refractivity contribution is -0.136. The van der Waals surface area contributed by atoms with Gasteiger partial charge in [-0.1, -0.05) is 20.8 Å². The SMILES string of the molecule is CCCC(=O)N[C@H](CC(C)C)C(=O)N1CCCC1. The zero-order chi connectivity index (χ0) is 13.5. The second-order valence-corrected chi connectivity index (χ2v) is 5.53. The van der Waals surface area contributed by atoms with Crippen LogP contribution in [0.25, 0.3) is 0 Å². The lowest BCUT2D eigenvalue weighted by Gasteiger charge is -2.25. The molecule has 0 spiro atoms. The molecule has 4 nitrogen and oxygen atoms in total. The van der Waals surface area contributed by atoms with Crippen molar-refractivity contribution in [3.05, 3.63) is 0 Å². The van der Waals surface area contributed by atoms with Crippen LogP contribution in [-0.2, 0) is 9.59 Å². The molecule has 1 atom stereocenters. The second-order valence-electron chi connectivity index (χ2n) is 5.53. The van der Waals surface area contributed by atoms with Crippen molar-refractivity contribution in [3.63, 3.8) is 0 Å². The first-order valence-corrected chi connectivity index (χ1v) is 7.12. The number of nitrogens with zero attached hydrogens (tertiary/aromatic N) is 1. The molecule has 18 heavy (non-hydrogen) atoms. The van der Waals surface area contributed by atoms with Crippen LogP contribution in [0.4, 0.5) is 0 Å². The topological polar surface area (TPSA) is 49.4 Å². The summed E-state index contributed by atoms with van der Waals surface area (Å²) in [7, 11) is 0. The van der Waals surface area contributed by atoms with Crippen LogP contribution in [0.2, 0.25) is 0 Å². The molecule has 0 bridgehead atoms. The van der Waals surface area contributed by atoms with Crippen LogP contribution in [0, 0.1) is 5.92 Å². The highest BCUT2D eigenvalue weighted by atomic mass is 16.2. The normalized spacial score (nSPS) is 17.0. The standard InChI is InChI=1S/C14H26N2O2/c1-4-7-13(17)15-12(10-11(2)3)14(18)16-8-5-6-9-16/h11-12H,4-10H2,1-3H3,(H,15,17)/t12-/m1/s1. The van der Waals surface area contributed by atoms with Gasteiger partial charge in [-0.15, -0.1) is 0 Å². The Hall–Kier alpha value is -1.06. The van der Waals surface area contributed by atoms with E-state index in [0.717, 1.165) is 38.8 Å². The monoisotopic (exact) mass is 254 g/mol. The highest BCUT2D eigenvalue weighted by Crippen LogP contribution is 2.13. The van der Waals surface area contributed by atoms with Gasteiger partial charge in [0.2, 0.25) is 11.8 Å². The molecule has 1 saturated heterocycles. The Balaban J connectivity index is 2.58. The molecular weight excluding hydrogens is 228 g/mol. The molecule has 1 fully saturated rings. The average molecular weight is 254 g/mol. The zero-order valence-electron chi connectivity index (χ0n) is 11.9. The van der Waals surface area contributed by atoms with E-state index in [0.29, 0.717) is 12.3 Å². The van der Waals surface area contributed by atoms with E-state index < -0.39 is 0 Å². The Bertz CT molecular complexity index is 284. The highest BCUT2D eigenvalue weighted by Gasteiger charge is 2.27. The summed E-state index contributed by atoms with van der Waals surface area (Å²) in [6, 6.07) is -0.331. The number of amides is 2.